The van der Waals surface area contributed by atoms with Crippen molar-refractivity contribution in [3.63, 3.8) is 0 Å². The van der Waals surface area contributed by atoms with Gasteiger partial charge in [-0.05, 0) is 24.6 Å². The fraction of sp³-hybridized carbons (Fsp3) is 0.438. The minimum absolute atomic E-state index is 0.150. The zero-order chi connectivity index (χ0) is 14.7. The summed E-state index contributed by atoms with van der Waals surface area (Å²) in [6.07, 6.45) is 4.07. The minimum atomic E-state index is 0.150. The van der Waals surface area contributed by atoms with Gasteiger partial charge in [0, 0.05) is 36.5 Å². The van der Waals surface area contributed by atoms with Crippen LogP contribution in [0, 0.1) is 0 Å². The van der Waals surface area contributed by atoms with Gasteiger partial charge in [0.2, 0.25) is 0 Å². The lowest BCUT2D eigenvalue weighted by molar-refractivity contribution is -0.0339. The molecular weight excluding hydrogens is 330 g/mol. The second kappa shape index (κ2) is 6.73. The normalized spacial score (nSPS) is 19.8. The van der Waals surface area contributed by atoms with Gasteiger partial charge in [0.25, 0.3) is 0 Å². The quantitative estimate of drug-likeness (QED) is 0.848. The van der Waals surface area contributed by atoms with Gasteiger partial charge in [-0.3, -0.25) is 4.90 Å². The van der Waals surface area contributed by atoms with Crippen LogP contribution in [-0.4, -0.2) is 34.1 Å². The van der Waals surface area contributed by atoms with E-state index < -0.39 is 0 Å². The van der Waals surface area contributed by atoms with Gasteiger partial charge >= 0.3 is 0 Å². The predicted octanol–water partition coefficient (Wildman–Crippen LogP) is 3.24. The predicted molar refractivity (Wildman–Crippen MR) is 86.0 cm³/mol. The molecule has 21 heavy (non-hydrogen) atoms. The minimum Gasteiger partial charge on any atom is -0.371 e. The second-order valence-corrected chi connectivity index (χ2v) is 6.19. The Hall–Kier alpha value is -1.17. The lowest BCUT2D eigenvalue weighted by Crippen LogP contribution is -2.38. The second-order valence-electron chi connectivity index (χ2n) is 5.28. The van der Waals surface area contributed by atoms with Gasteiger partial charge in [0.1, 0.15) is 5.82 Å². The van der Waals surface area contributed by atoms with Crippen LogP contribution in [0.15, 0.2) is 41.1 Å². The average molecular weight is 350 g/mol. The Morgan fingerprint density at radius 3 is 2.90 bits per heavy atom. The number of aromatic nitrogens is 2. The lowest BCUT2D eigenvalue weighted by atomic mass is 10.1. The van der Waals surface area contributed by atoms with E-state index in [1.165, 1.54) is 5.56 Å². The van der Waals surface area contributed by atoms with E-state index in [0.717, 1.165) is 43.1 Å². The molecule has 1 aliphatic rings. The van der Waals surface area contributed by atoms with Crippen LogP contribution >= 0.6 is 15.9 Å². The number of aryl methyl sites for hydroxylation is 1. The molecule has 0 radical (unpaired) electrons. The lowest BCUT2D eigenvalue weighted by Gasteiger charge is -2.33. The van der Waals surface area contributed by atoms with Crippen molar-refractivity contribution in [3.05, 3.63) is 52.5 Å². The van der Waals surface area contributed by atoms with Gasteiger partial charge < -0.3 is 9.30 Å². The molecule has 1 aliphatic heterocycles. The highest BCUT2D eigenvalue weighted by Crippen LogP contribution is 2.24. The fourth-order valence-corrected chi connectivity index (χ4v) is 2.97. The van der Waals surface area contributed by atoms with Gasteiger partial charge in [0.05, 0.1) is 19.3 Å². The number of rotatable bonds is 4. The SMILES string of the molecule is CCn1ccnc1CN1CCOC(c2ccc(Br)cc2)C1. The van der Waals surface area contributed by atoms with Crippen molar-refractivity contribution in [2.45, 2.75) is 26.1 Å². The first-order chi connectivity index (χ1) is 10.3. The molecule has 0 aliphatic carbocycles. The molecule has 1 aromatic heterocycles. The molecular formula is C16H20BrN3O. The maximum absolute atomic E-state index is 5.93. The van der Waals surface area contributed by atoms with Crippen LogP contribution in [0.3, 0.4) is 0 Å². The molecule has 4 nitrogen and oxygen atoms in total. The van der Waals surface area contributed by atoms with E-state index in [1.54, 1.807) is 0 Å². The number of hydrogen-bond donors (Lipinski definition) is 0. The number of ether oxygens (including phenoxy) is 1. The molecule has 0 amide bonds. The third-order valence-corrected chi connectivity index (χ3v) is 4.43. The molecule has 1 fully saturated rings. The molecule has 0 saturated carbocycles. The van der Waals surface area contributed by atoms with E-state index in [2.05, 4.69) is 61.6 Å². The zero-order valence-electron chi connectivity index (χ0n) is 12.2. The molecule has 0 bridgehead atoms. The Bertz CT molecular complexity index is 581. The summed E-state index contributed by atoms with van der Waals surface area (Å²) < 4.78 is 9.23. The van der Waals surface area contributed by atoms with Crippen molar-refractivity contribution in [1.29, 1.82) is 0 Å². The smallest absolute Gasteiger partial charge is 0.122 e. The number of imidazole rings is 1. The number of benzene rings is 1. The van der Waals surface area contributed by atoms with E-state index in [0.29, 0.717) is 0 Å². The monoisotopic (exact) mass is 349 g/mol. The molecule has 0 N–H and O–H groups in total. The summed E-state index contributed by atoms with van der Waals surface area (Å²) >= 11 is 3.47. The van der Waals surface area contributed by atoms with Crippen LogP contribution in [-0.2, 0) is 17.8 Å². The van der Waals surface area contributed by atoms with Crippen molar-refractivity contribution in [2.75, 3.05) is 19.7 Å². The molecule has 2 heterocycles. The molecule has 1 unspecified atom stereocenters. The van der Waals surface area contributed by atoms with Gasteiger partial charge in [0.15, 0.2) is 0 Å². The Kier molecular flexibility index (Phi) is 4.73. The van der Waals surface area contributed by atoms with Gasteiger partial charge in [-0.2, -0.15) is 0 Å². The summed E-state index contributed by atoms with van der Waals surface area (Å²) in [5.41, 5.74) is 1.24. The first-order valence-corrected chi connectivity index (χ1v) is 8.15. The third-order valence-electron chi connectivity index (χ3n) is 3.90. The van der Waals surface area contributed by atoms with Crippen LogP contribution < -0.4 is 0 Å². The highest BCUT2D eigenvalue weighted by molar-refractivity contribution is 9.10. The van der Waals surface area contributed by atoms with E-state index >= 15 is 0 Å². The van der Waals surface area contributed by atoms with Gasteiger partial charge in [-0.25, -0.2) is 4.98 Å². The van der Waals surface area contributed by atoms with Gasteiger partial charge in [-0.15, -0.1) is 0 Å². The summed E-state index contributed by atoms with van der Waals surface area (Å²) in [7, 11) is 0. The molecule has 3 rings (SSSR count). The standard InChI is InChI=1S/C16H20BrN3O/c1-2-20-8-7-18-16(20)12-19-9-10-21-15(11-19)13-3-5-14(17)6-4-13/h3-8,15H,2,9-12H2,1H3. The Morgan fingerprint density at radius 2 is 2.14 bits per heavy atom. The summed E-state index contributed by atoms with van der Waals surface area (Å²) in [6, 6.07) is 8.40. The van der Waals surface area contributed by atoms with Crippen LogP contribution in [0.4, 0.5) is 0 Å². The highest BCUT2D eigenvalue weighted by Gasteiger charge is 2.22. The van der Waals surface area contributed by atoms with Gasteiger partial charge in [-0.1, -0.05) is 28.1 Å². The van der Waals surface area contributed by atoms with Crippen LogP contribution in [0.2, 0.25) is 0 Å². The number of nitrogens with zero attached hydrogens (tertiary/aromatic N) is 3. The van der Waals surface area contributed by atoms with Crippen molar-refractivity contribution < 1.29 is 4.74 Å². The highest BCUT2D eigenvalue weighted by atomic mass is 79.9. The molecule has 5 heteroatoms. The Morgan fingerprint density at radius 1 is 1.33 bits per heavy atom. The first kappa shape index (κ1) is 14.8. The largest absolute Gasteiger partial charge is 0.371 e. The molecule has 1 saturated heterocycles. The number of morpholine rings is 1. The Labute approximate surface area is 133 Å². The zero-order valence-corrected chi connectivity index (χ0v) is 13.8. The van der Waals surface area contributed by atoms with Crippen molar-refractivity contribution in [2.24, 2.45) is 0 Å². The van der Waals surface area contributed by atoms with E-state index in [-0.39, 0.29) is 6.10 Å². The van der Waals surface area contributed by atoms with Crippen LogP contribution in [0.5, 0.6) is 0 Å². The summed E-state index contributed by atoms with van der Waals surface area (Å²) in [5.74, 6) is 1.13. The third kappa shape index (κ3) is 3.54. The Balaban J connectivity index is 1.67. The average Bonchev–Trinajstić information content (AvgIpc) is 2.95. The van der Waals surface area contributed by atoms with E-state index in [4.69, 9.17) is 4.74 Å². The molecule has 1 atom stereocenters. The molecule has 2 aromatic rings. The number of hydrogen-bond acceptors (Lipinski definition) is 3. The fourth-order valence-electron chi connectivity index (χ4n) is 2.70. The van der Waals surface area contributed by atoms with E-state index in [9.17, 15) is 0 Å². The summed E-state index contributed by atoms with van der Waals surface area (Å²) in [4.78, 5) is 6.89. The van der Waals surface area contributed by atoms with Crippen LogP contribution in [0.25, 0.3) is 0 Å². The first-order valence-electron chi connectivity index (χ1n) is 7.35. The van der Waals surface area contributed by atoms with Crippen molar-refractivity contribution in [3.8, 4) is 0 Å². The molecule has 0 spiro atoms. The molecule has 112 valence electrons. The van der Waals surface area contributed by atoms with Crippen molar-refractivity contribution >= 4 is 15.9 Å². The van der Waals surface area contributed by atoms with Crippen LogP contribution in [0.1, 0.15) is 24.4 Å². The number of halogens is 1. The summed E-state index contributed by atoms with van der Waals surface area (Å²) in [6.45, 7) is 6.65. The molecule has 1 aromatic carbocycles. The van der Waals surface area contributed by atoms with E-state index in [1.807, 2.05) is 12.4 Å². The summed E-state index contributed by atoms with van der Waals surface area (Å²) in [5, 5.41) is 0. The van der Waals surface area contributed by atoms with Crippen molar-refractivity contribution in [1.82, 2.24) is 14.5 Å². The topological polar surface area (TPSA) is 30.3 Å². The maximum atomic E-state index is 5.93. The maximum Gasteiger partial charge on any atom is 0.122 e.